The summed E-state index contributed by atoms with van der Waals surface area (Å²) in [7, 11) is 0. The zero-order valence-corrected chi connectivity index (χ0v) is 19.3. The standard InChI is InChI=1S/C25H25ClN4O3/c1-15-5-3-6-18(13-15)23-28-24(33-29-23)21-16(2)30(14-20-7-4-12-32-20)25(31)27-22(21)17-8-10-19(26)11-9-17/h3,5-6,8-11,13,20,22H,4,7,12,14H2,1-2H3,(H,27,31). The first-order chi connectivity index (χ1) is 16.0. The molecule has 2 unspecified atom stereocenters. The van der Waals surface area contributed by atoms with Crippen LogP contribution in [0.25, 0.3) is 17.0 Å². The second kappa shape index (κ2) is 9.00. The van der Waals surface area contributed by atoms with Crippen LogP contribution in [0.15, 0.2) is 58.8 Å². The summed E-state index contributed by atoms with van der Waals surface area (Å²) in [5, 5.41) is 7.97. The molecule has 0 spiro atoms. The Labute approximate surface area is 197 Å². The second-order valence-electron chi connectivity index (χ2n) is 8.47. The number of urea groups is 1. The summed E-state index contributed by atoms with van der Waals surface area (Å²) in [4.78, 5) is 19.5. The smallest absolute Gasteiger partial charge is 0.322 e. The van der Waals surface area contributed by atoms with E-state index in [9.17, 15) is 4.79 Å². The van der Waals surface area contributed by atoms with E-state index in [0.29, 0.717) is 23.3 Å². The van der Waals surface area contributed by atoms with Gasteiger partial charge in [-0.05, 0) is 50.5 Å². The summed E-state index contributed by atoms with van der Waals surface area (Å²) < 4.78 is 11.5. The maximum atomic E-state index is 13.1. The van der Waals surface area contributed by atoms with Gasteiger partial charge in [-0.1, -0.05) is 52.7 Å². The Morgan fingerprint density at radius 1 is 1.18 bits per heavy atom. The number of rotatable bonds is 5. The molecule has 1 aromatic heterocycles. The van der Waals surface area contributed by atoms with Gasteiger partial charge in [0.05, 0.1) is 24.3 Å². The largest absolute Gasteiger partial charge is 0.376 e. The Hall–Kier alpha value is -3.16. The number of ether oxygens (including phenoxy) is 1. The van der Waals surface area contributed by atoms with Crippen molar-refractivity contribution in [2.75, 3.05) is 13.2 Å². The second-order valence-corrected chi connectivity index (χ2v) is 8.91. The molecule has 33 heavy (non-hydrogen) atoms. The number of hydrogen-bond donors (Lipinski definition) is 1. The van der Waals surface area contributed by atoms with Gasteiger partial charge >= 0.3 is 6.03 Å². The molecular formula is C25H25ClN4O3. The maximum absolute atomic E-state index is 13.1. The number of carbonyl (C=O) groups is 1. The van der Waals surface area contributed by atoms with E-state index >= 15 is 0 Å². The molecule has 1 saturated heterocycles. The normalized spacial score (nSPS) is 20.9. The average Bonchev–Trinajstić information content (AvgIpc) is 3.49. The lowest BCUT2D eigenvalue weighted by Gasteiger charge is -2.36. The number of hydrogen-bond acceptors (Lipinski definition) is 5. The van der Waals surface area contributed by atoms with Crippen LogP contribution in [0.5, 0.6) is 0 Å². The molecule has 0 aliphatic carbocycles. The summed E-state index contributed by atoms with van der Waals surface area (Å²) in [6, 6.07) is 14.7. The zero-order chi connectivity index (χ0) is 22.9. The Kier molecular flexibility index (Phi) is 5.91. The first kappa shape index (κ1) is 21.7. The van der Waals surface area contributed by atoms with Crippen molar-refractivity contribution in [3.8, 4) is 11.4 Å². The Balaban J connectivity index is 1.57. The summed E-state index contributed by atoms with van der Waals surface area (Å²) in [5.41, 5.74) is 4.41. The summed E-state index contributed by atoms with van der Waals surface area (Å²) >= 11 is 6.10. The van der Waals surface area contributed by atoms with Gasteiger partial charge in [0.15, 0.2) is 0 Å². The molecule has 2 atom stereocenters. The van der Waals surface area contributed by atoms with E-state index in [1.54, 1.807) is 17.0 Å². The fourth-order valence-corrected chi connectivity index (χ4v) is 4.54. The Bertz CT molecular complexity index is 1200. The third-order valence-electron chi connectivity index (χ3n) is 6.14. The fourth-order valence-electron chi connectivity index (χ4n) is 4.41. The number of aromatic nitrogens is 2. The Morgan fingerprint density at radius 3 is 2.73 bits per heavy atom. The molecule has 2 aliphatic rings. The van der Waals surface area contributed by atoms with E-state index in [-0.39, 0.29) is 12.1 Å². The highest BCUT2D eigenvalue weighted by atomic mass is 35.5. The molecule has 1 fully saturated rings. The number of halogens is 1. The highest BCUT2D eigenvalue weighted by Gasteiger charge is 2.37. The van der Waals surface area contributed by atoms with Crippen molar-refractivity contribution >= 4 is 23.2 Å². The van der Waals surface area contributed by atoms with Gasteiger partial charge in [0.2, 0.25) is 5.82 Å². The SMILES string of the molecule is CC1=C(c2nc(-c3cccc(C)c3)no2)C(c2ccc(Cl)cc2)NC(=O)N1CC1CCCO1. The third kappa shape index (κ3) is 4.38. The van der Waals surface area contributed by atoms with Crippen LogP contribution in [0.1, 0.15) is 42.8 Å². The average molecular weight is 465 g/mol. The molecule has 0 radical (unpaired) electrons. The van der Waals surface area contributed by atoms with E-state index in [4.69, 9.17) is 25.8 Å². The van der Waals surface area contributed by atoms with Crippen molar-refractivity contribution in [1.82, 2.24) is 20.4 Å². The van der Waals surface area contributed by atoms with Gasteiger partial charge in [0.25, 0.3) is 5.89 Å². The molecule has 7 nitrogen and oxygen atoms in total. The van der Waals surface area contributed by atoms with Crippen LogP contribution >= 0.6 is 11.6 Å². The molecule has 1 N–H and O–H groups in total. The van der Waals surface area contributed by atoms with E-state index in [1.165, 1.54) is 0 Å². The summed E-state index contributed by atoms with van der Waals surface area (Å²) in [6.07, 6.45) is 1.96. The van der Waals surface area contributed by atoms with Gasteiger partial charge in [-0.15, -0.1) is 0 Å². The van der Waals surface area contributed by atoms with Crippen LogP contribution in [-0.4, -0.2) is 40.3 Å². The van der Waals surface area contributed by atoms with Crippen molar-refractivity contribution in [2.24, 2.45) is 0 Å². The quantitative estimate of drug-likeness (QED) is 0.548. The number of allylic oxidation sites excluding steroid dienone is 1. The number of aryl methyl sites for hydroxylation is 1. The van der Waals surface area contributed by atoms with Crippen molar-refractivity contribution < 1.29 is 14.1 Å². The van der Waals surface area contributed by atoms with Gasteiger partial charge in [-0.2, -0.15) is 4.98 Å². The summed E-state index contributed by atoms with van der Waals surface area (Å²) in [6.45, 7) is 5.15. The van der Waals surface area contributed by atoms with Crippen molar-refractivity contribution in [1.29, 1.82) is 0 Å². The fraction of sp³-hybridized carbons (Fsp3) is 0.320. The van der Waals surface area contributed by atoms with Crippen molar-refractivity contribution in [2.45, 2.75) is 38.8 Å². The first-order valence-electron chi connectivity index (χ1n) is 11.1. The van der Waals surface area contributed by atoms with Gasteiger partial charge < -0.3 is 14.6 Å². The number of nitrogens with one attached hydrogen (secondary N) is 1. The van der Waals surface area contributed by atoms with E-state index in [2.05, 4.69) is 10.5 Å². The van der Waals surface area contributed by atoms with Crippen molar-refractivity contribution in [3.05, 3.63) is 76.3 Å². The van der Waals surface area contributed by atoms with Crippen LogP contribution in [0.3, 0.4) is 0 Å². The molecule has 3 heterocycles. The molecule has 5 rings (SSSR count). The molecule has 2 aromatic carbocycles. The van der Waals surface area contributed by atoms with Crippen LogP contribution in [0, 0.1) is 6.92 Å². The van der Waals surface area contributed by atoms with Crippen LogP contribution < -0.4 is 5.32 Å². The third-order valence-corrected chi connectivity index (χ3v) is 6.39. The highest BCUT2D eigenvalue weighted by Crippen LogP contribution is 2.38. The maximum Gasteiger partial charge on any atom is 0.322 e. The van der Waals surface area contributed by atoms with Gasteiger partial charge in [-0.25, -0.2) is 4.79 Å². The molecule has 0 saturated carbocycles. The molecule has 2 aliphatic heterocycles. The van der Waals surface area contributed by atoms with Gasteiger partial charge in [0, 0.05) is 22.9 Å². The van der Waals surface area contributed by atoms with E-state index in [0.717, 1.165) is 47.4 Å². The van der Waals surface area contributed by atoms with E-state index in [1.807, 2.05) is 50.2 Å². The van der Waals surface area contributed by atoms with Gasteiger partial charge in [-0.3, -0.25) is 4.90 Å². The predicted molar refractivity (Wildman–Crippen MR) is 125 cm³/mol. The first-order valence-corrected chi connectivity index (χ1v) is 11.4. The summed E-state index contributed by atoms with van der Waals surface area (Å²) in [5.74, 6) is 0.882. The lowest BCUT2D eigenvalue weighted by atomic mass is 9.94. The number of benzene rings is 2. The van der Waals surface area contributed by atoms with E-state index < -0.39 is 6.04 Å². The Morgan fingerprint density at radius 2 is 2.00 bits per heavy atom. The lowest BCUT2D eigenvalue weighted by Crippen LogP contribution is -2.48. The minimum absolute atomic E-state index is 0.0181. The number of nitrogens with zero attached hydrogens (tertiary/aromatic N) is 3. The molecule has 0 bridgehead atoms. The number of carbonyl (C=O) groups excluding carboxylic acids is 1. The van der Waals surface area contributed by atoms with Crippen LogP contribution in [0.4, 0.5) is 4.79 Å². The molecular weight excluding hydrogens is 440 g/mol. The zero-order valence-electron chi connectivity index (χ0n) is 18.5. The monoisotopic (exact) mass is 464 g/mol. The number of amides is 2. The molecule has 170 valence electrons. The topological polar surface area (TPSA) is 80.5 Å². The minimum atomic E-state index is -0.443. The molecule has 2 amide bonds. The molecule has 3 aromatic rings. The van der Waals surface area contributed by atoms with Crippen LogP contribution in [0.2, 0.25) is 5.02 Å². The highest BCUT2D eigenvalue weighted by molar-refractivity contribution is 6.30. The minimum Gasteiger partial charge on any atom is -0.376 e. The predicted octanol–water partition coefficient (Wildman–Crippen LogP) is 5.37. The molecule has 8 heteroatoms. The lowest BCUT2D eigenvalue weighted by molar-refractivity contribution is 0.0877. The van der Waals surface area contributed by atoms with Crippen molar-refractivity contribution in [3.63, 3.8) is 0 Å². The van der Waals surface area contributed by atoms with Crippen LogP contribution in [-0.2, 0) is 4.74 Å². The van der Waals surface area contributed by atoms with Gasteiger partial charge in [0.1, 0.15) is 0 Å².